The summed E-state index contributed by atoms with van der Waals surface area (Å²) < 4.78 is 13.3. The summed E-state index contributed by atoms with van der Waals surface area (Å²) in [6, 6.07) is 22.9. The standard InChI is InChI=1S/C24H18FN3O/c1-16-6-2-3-7-18(16)15-26-28-24(29)21-14-23(17-10-12-19(25)13-11-17)27-22-9-5-4-8-20(21)22/h2-15H,1H3,(H,28,29)/b26-15-. The van der Waals surface area contributed by atoms with Crippen molar-refractivity contribution >= 4 is 23.0 Å². The second-order valence-corrected chi connectivity index (χ2v) is 6.63. The second-order valence-electron chi connectivity index (χ2n) is 6.63. The summed E-state index contributed by atoms with van der Waals surface area (Å²) in [4.78, 5) is 17.5. The first-order chi connectivity index (χ1) is 14.1. The molecule has 4 aromatic rings. The van der Waals surface area contributed by atoms with Crippen molar-refractivity contribution in [1.82, 2.24) is 10.4 Å². The van der Waals surface area contributed by atoms with Crippen LogP contribution in [0.1, 0.15) is 21.5 Å². The monoisotopic (exact) mass is 383 g/mol. The minimum Gasteiger partial charge on any atom is -0.267 e. The van der Waals surface area contributed by atoms with Gasteiger partial charge in [-0.25, -0.2) is 14.8 Å². The number of aryl methyl sites for hydroxylation is 1. The number of hydrazone groups is 1. The molecule has 1 amide bonds. The zero-order valence-electron chi connectivity index (χ0n) is 15.8. The highest BCUT2D eigenvalue weighted by molar-refractivity contribution is 6.07. The van der Waals surface area contributed by atoms with Gasteiger partial charge in [0.15, 0.2) is 0 Å². The van der Waals surface area contributed by atoms with Gasteiger partial charge in [-0.05, 0) is 54.4 Å². The molecule has 1 N–H and O–H groups in total. The molecule has 1 aromatic heterocycles. The molecule has 3 aromatic carbocycles. The number of amides is 1. The van der Waals surface area contributed by atoms with Crippen LogP contribution in [0.15, 0.2) is 84.0 Å². The molecule has 0 atom stereocenters. The summed E-state index contributed by atoms with van der Waals surface area (Å²) >= 11 is 0. The molecule has 0 spiro atoms. The fourth-order valence-corrected chi connectivity index (χ4v) is 3.08. The number of hydrogen-bond acceptors (Lipinski definition) is 3. The largest absolute Gasteiger partial charge is 0.272 e. The van der Waals surface area contributed by atoms with E-state index in [0.717, 1.165) is 22.1 Å². The van der Waals surface area contributed by atoms with Crippen LogP contribution < -0.4 is 5.43 Å². The van der Waals surface area contributed by atoms with Gasteiger partial charge in [0, 0.05) is 10.9 Å². The van der Waals surface area contributed by atoms with Gasteiger partial charge in [-0.3, -0.25) is 4.79 Å². The Balaban J connectivity index is 1.69. The smallest absolute Gasteiger partial charge is 0.267 e. The number of nitrogens with one attached hydrogen (secondary N) is 1. The lowest BCUT2D eigenvalue weighted by molar-refractivity contribution is 0.0956. The zero-order chi connectivity index (χ0) is 20.2. The zero-order valence-corrected chi connectivity index (χ0v) is 15.8. The molecular weight excluding hydrogens is 365 g/mol. The number of hydrogen-bond donors (Lipinski definition) is 1. The highest BCUT2D eigenvalue weighted by Gasteiger charge is 2.13. The highest BCUT2D eigenvalue weighted by Crippen LogP contribution is 2.25. The molecule has 142 valence electrons. The molecule has 1 heterocycles. The van der Waals surface area contributed by atoms with E-state index in [4.69, 9.17) is 0 Å². The Morgan fingerprint density at radius 3 is 2.52 bits per heavy atom. The van der Waals surface area contributed by atoms with E-state index in [9.17, 15) is 9.18 Å². The first-order valence-electron chi connectivity index (χ1n) is 9.16. The van der Waals surface area contributed by atoms with E-state index >= 15 is 0 Å². The average Bonchev–Trinajstić information content (AvgIpc) is 2.74. The molecule has 4 nitrogen and oxygen atoms in total. The lowest BCUT2D eigenvalue weighted by Gasteiger charge is -2.09. The normalized spacial score (nSPS) is 11.1. The maximum Gasteiger partial charge on any atom is 0.272 e. The Morgan fingerprint density at radius 2 is 1.72 bits per heavy atom. The summed E-state index contributed by atoms with van der Waals surface area (Å²) in [6.45, 7) is 1.98. The van der Waals surface area contributed by atoms with Gasteiger partial charge in [0.1, 0.15) is 5.82 Å². The van der Waals surface area contributed by atoms with Crippen molar-refractivity contribution in [2.75, 3.05) is 0 Å². The number of halogens is 1. The Morgan fingerprint density at radius 1 is 1.00 bits per heavy atom. The van der Waals surface area contributed by atoms with E-state index in [-0.39, 0.29) is 11.7 Å². The predicted molar refractivity (Wildman–Crippen MR) is 113 cm³/mol. The number of rotatable bonds is 4. The number of carbonyl (C=O) groups excluding carboxylic acids is 1. The molecule has 5 heteroatoms. The van der Waals surface area contributed by atoms with Crippen LogP contribution in [-0.2, 0) is 0 Å². The first-order valence-corrected chi connectivity index (χ1v) is 9.16. The van der Waals surface area contributed by atoms with Crippen LogP contribution in [0.2, 0.25) is 0 Å². The maximum atomic E-state index is 13.3. The summed E-state index contributed by atoms with van der Waals surface area (Å²) in [5.74, 6) is -0.658. The number of nitrogens with zero attached hydrogens (tertiary/aromatic N) is 2. The lowest BCUT2D eigenvalue weighted by atomic mass is 10.0. The number of fused-ring (bicyclic) bond motifs is 1. The third-order valence-corrected chi connectivity index (χ3v) is 4.66. The Hall–Kier alpha value is -3.86. The molecule has 0 aliphatic rings. The van der Waals surface area contributed by atoms with Crippen molar-refractivity contribution < 1.29 is 9.18 Å². The van der Waals surface area contributed by atoms with Crippen LogP contribution in [0, 0.1) is 12.7 Å². The van der Waals surface area contributed by atoms with Crippen LogP contribution in [0.4, 0.5) is 4.39 Å². The van der Waals surface area contributed by atoms with E-state index in [1.165, 1.54) is 12.1 Å². The number of pyridine rings is 1. The highest BCUT2D eigenvalue weighted by atomic mass is 19.1. The van der Waals surface area contributed by atoms with Crippen LogP contribution in [0.25, 0.3) is 22.2 Å². The number of aromatic nitrogens is 1. The number of para-hydroxylation sites is 1. The third kappa shape index (κ3) is 4.04. The van der Waals surface area contributed by atoms with E-state index in [1.54, 1.807) is 24.4 Å². The topological polar surface area (TPSA) is 54.4 Å². The lowest BCUT2D eigenvalue weighted by Crippen LogP contribution is -2.18. The molecule has 0 saturated carbocycles. The third-order valence-electron chi connectivity index (χ3n) is 4.66. The molecule has 0 fully saturated rings. The van der Waals surface area contributed by atoms with E-state index < -0.39 is 0 Å². The molecule has 29 heavy (non-hydrogen) atoms. The van der Waals surface area contributed by atoms with Crippen molar-refractivity contribution in [2.45, 2.75) is 6.92 Å². The Kier molecular flexibility index (Phi) is 5.12. The van der Waals surface area contributed by atoms with Gasteiger partial charge in [0.05, 0.1) is 23.0 Å². The SMILES string of the molecule is Cc1ccccc1/C=N\NC(=O)c1cc(-c2ccc(F)cc2)nc2ccccc12. The Bertz CT molecular complexity index is 1220. The molecule has 0 radical (unpaired) electrons. The van der Waals surface area contributed by atoms with E-state index in [2.05, 4.69) is 15.5 Å². The van der Waals surface area contributed by atoms with Gasteiger partial charge >= 0.3 is 0 Å². The van der Waals surface area contributed by atoms with Gasteiger partial charge in [0.25, 0.3) is 5.91 Å². The first kappa shape index (κ1) is 18.5. The van der Waals surface area contributed by atoms with Gasteiger partial charge in [-0.15, -0.1) is 0 Å². The van der Waals surface area contributed by atoms with Crippen molar-refractivity contribution in [3.63, 3.8) is 0 Å². The number of carbonyl (C=O) groups is 1. The van der Waals surface area contributed by atoms with Gasteiger partial charge in [0.2, 0.25) is 0 Å². The van der Waals surface area contributed by atoms with Crippen LogP contribution in [0.5, 0.6) is 0 Å². The average molecular weight is 383 g/mol. The fourth-order valence-electron chi connectivity index (χ4n) is 3.08. The Labute approximate surface area is 167 Å². The van der Waals surface area contributed by atoms with Crippen molar-refractivity contribution in [3.05, 3.63) is 101 Å². The van der Waals surface area contributed by atoms with Crippen molar-refractivity contribution in [2.24, 2.45) is 5.10 Å². The molecule has 0 aliphatic carbocycles. The molecule has 4 rings (SSSR count). The second kappa shape index (κ2) is 8.02. The number of benzene rings is 3. The molecule has 0 saturated heterocycles. The van der Waals surface area contributed by atoms with Crippen LogP contribution in [0.3, 0.4) is 0 Å². The molecule has 0 bridgehead atoms. The maximum absolute atomic E-state index is 13.3. The van der Waals surface area contributed by atoms with Crippen molar-refractivity contribution in [3.8, 4) is 11.3 Å². The molecule has 0 unspecified atom stereocenters. The summed E-state index contributed by atoms with van der Waals surface area (Å²) in [7, 11) is 0. The fraction of sp³-hybridized carbons (Fsp3) is 0.0417. The quantitative estimate of drug-likeness (QED) is 0.393. The van der Waals surface area contributed by atoms with Gasteiger partial charge in [-0.1, -0.05) is 42.5 Å². The summed E-state index contributed by atoms with van der Waals surface area (Å²) in [6.07, 6.45) is 1.62. The van der Waals surface area contributed by atoms with Crippen LogP contribution in [-0.4, -0.2) is 17.1 Å². The minimum atomic E-state index is -0.336. The minimum absolute atomic E-state index is 0.321. The van der Waals surface area contributed by atoms with E-state index in [1.807, 2.05) is 55.5 Å². The summed E-state index contributed by atoms with van der Waals surface area (Å²) in [5, 5.41) is 4.83. The summed E-state index contributed by atoms with van der Waals surface area (Å²) in [5.41, 5.74) is 7.06. The van der Waals surface area contributed by atoms with Crippen LogP contribution >= 0.6 is 0 Å². The van der Waals surface area contributed by atoms with E-state index in [0.29, 0.717) is 16.8 Å². The van der Waals surface area contributed by atoms with Crippen molar-refractivity contribution in [1.29, 1.82) is 0 Å². The van der Waals surface area contributed by atoms with Gasteiger partial charge < -0.3 is 0 Å². The predicted octanol–water partition coefficient (Wildman–Crippen LogP) is 5.11. The molecule has 0 aliphatic heterocycles. The van der Waals surface area contributed by atoms with Gasteiger partial charge in [-0.2, -0.15) is 5.10 Å². The molecular formula is C24H18FN3O.